The summed E-state index contributed by atoms with van der Waals surface area (Å²) in [5.74, 6) is -1.29. The molecule has 1 aromatic carbocycles. The Labute approximate surface area is 140 Å². The smallest absolute Gasteiger partial charge is 0.317 e. The van der Waals surface area contributed by atoms with E-state index in [2.05, 4.69) is 5.32 Å². The molecule has 1 aromatic rings. The predicted octanol–water partition coefficient (Wildman–Crippen LogP) is 1.65. The number of halogens is 1. The third kappa shape index (κ3) is 5.19. The third-order valence-electron chi connectivity index (χ3n) is 4.16. The van der Waals surface area contributed by atoms with Gasteiger partial charge >= 0.3 is 5.97 Å². The highest BCUT2D eigenvalue weighted by molar-refractivity contribution is 5.76. The molecule has 1 aliphatic carbocycles. The van der Waals surface area contributed by atoms with Crippen molar-refractivity contribution in [3.05, 3.63) is 30.1 Å². The lowest BCUT2D eigenvalue weighted by Crippen LogP contribution is -2.54. The average molecular weight is 338 g/mol. The van der Waals surface area contributed by atoms with Crippen LogP contribution in [0.5, 0.6) is 5.75 Å². The number of nitrogens with zero attached hydrogens (tertiary/aromatic N) is 1. The molecule has 1 fully saturated rings. The highest BCUT2D eigenvalue weighted by atomic mass is 19.1. The van der Waals surface area contributed by atoms with Crippen LogP contribution in [0.2, 0.25) is 0 Å². The number of likely N-dealkylation sites (N-methyl/N-ethyl adjacent to an activating group) is 1. The summed E-state index contributed by atoms with van der Waals surface area (Å²) in [5.41, 5.74) is 0. The Morgan fingerprint density at radius 2 is 2.08 bits per heavy atom. The Balaban J connectivity index is 1.64. The first-order valence-corrected chi connectivity index (χ1v) is 8.12. The molecule has 2 N–H and O–H groups in total. The number of carbonyl (C=O) groups excluding carboxylic acids is 1. The molecule has 0 bridgehead atoms. The molecule has 1 saturated carbocycles. The molecule has 6 nitrogen and oxygen atoms in total. The fourth-order valence-electron chi connectivity index (χ4n) is 2.79. The topological polar surface area (TPSA) is 78.9 Å². The first-order chi connectivity index (χ1) is 11.5. The lowest BCUT2D eigenvalue weighted by molar-refractivity contribution is -0.139. The van der Waals surface area contributed by atoms with Gasteiger partial charge in [-0.3, -0.25) is 14.5 Å². The van der Waals surface area contributed by atoms with Crippen molar-refractivity contribution in [1.82, 2.24) is 10.2 Å². The van der Waals surface area contributed by atoms with Gasteiger partial charge in [-0.25, -0.2) is 4.39 Å². The average Bonchev–Trinajstić information content (AvgIpc) is 2.50. The van der Waals surface area contributed by atoms with Gasteiger partial charge in [0.2, 0.25) is 5.91 Å². The molecule has 7 heteroatoms. The summed E-state index contributed by atoms with van der Waals surface area (Å²) in [6.45, 7) is 2.74. The fraction of sp³-hybridized carbons (Fsp3) is 0.529. The van der Waals surface area contributed by atoms with Gasteiger partial charge < -0.3 is 15.2 Å². The molecular weight excluding hydrogens is 315 g/mol. The fourth-order valence-corrected chi connectivity index (χ4v) is 2.79. The minimum atomic E-state index is -0.838. The highest BCUT2D eigenvalue weighted by Crippen LogP contribution is 2.25. The molecule has 0 aromatic heterocycles. The van der Waals surface area contributed by atoms with Gasteiger partial charge in [-0.1, -0.05) is 19.1 Å². The molecule has 132 valence electrons. The number of carboxylic acids is 1. The van der Waals surface area contributed by atoms with Gasteiger partial charge in [0.15, 0.2) is 11.6 Å². The van der Waals surface area contributed by atoms with Crippen LogP contribution in [0.25, 0.3) is 0 Å². The Morgan fingerprint density at radius 1 is 1.38 bits per heavy atom. The number of nitrogens with one attached hydrogen (secondary N) is 1. The second-order valence-electron chi connectivity index (χ2n) is 5.88. The minimum Gasteiger partial charge on any atom is -0.490 e. The number of amides is 1. The van der Waals surface area contributed by atoms with Crippen molar-refractivity contribution in [3.63, 3.8) is 0 Å². The van der Waals surface area contributed by atoms with Gasteiger partial charge in [-0.15, -0.1) is 0 Å². The zero-order chi connectivity index (χ0) is 17.5. The first kappa shape index (κ1) is 18.2. The Bertz CT molecular complexity index is 575. The number of hydrogen-bond donors (Lipinski definition) is 2. The Hall–Kier alpha value is -2.15. The number of rotatable bonds is 9. The van der Waals surface area contributed by atoms with E-state index in [0.717, 1.165) is 12.8 Å². The second kappa shape index (κ2) is 8.63. The summed E-state index contributed by atoms with van der Waals surface area (Å²) >= 11 is 0. The molecular formula is C17H23FN2O4. The SMILES string of the molecule is CCN(CC(=O)O)C1CC(NC(=O)CCOc2ccccc2F)C1. The molecule has 0 unspecified atom stereocenters. The van der Waals surface area contributed by atoms with Crippen LogP contribution < -0.4 is 10.1 Å². The van der Waals surface area contributed by atoms with Crippen LogP contribution in [-0.4, -0.2) is 53.7 Å². The van der Waals surface area contributed by atoms with Crippen molar-refractivity contribution in [3.8, 4) is 5.75 Å². The molecule has 0 heterocycles. The van der Waals surface area contributed by atoms with Crippen molar-refractivity contribution >= 4 is 11.9 Å². The van der Waals surface area contributed by atoms with E-state index in [1.807, 2.05) is 11.8 Å². The predicted molar refractivity (Wildman–Crippen MR) is 86.3 cm³/mol. The summed E-state index contributed by atoms with van der Waals surface area (Å²) in [5, 5.41) is 11.7. The van der Waals surface area contributed by atoms with Crippen LogP contribution in [0.4, 0.5) is 4.39 Å². The van der Waals surface area contributed by atoms with E-state index in [1.165, 1.54) is 12.1 Å². The molecule has 0 spiro atoms. The van der Waals surface area contributed by atoms with Crippen LogP contribution >= 0.6 is 0 Å². The number of hydrogen-bond acceptors (Lipinski definition) is 4. The monoisotopic (exact) mass is 338 g/mol. The Morgan fingerprint density at radius 3 is 2.71 bits per heavy atom. The quantitative estimate of drug-likeness (QED) is 0.716. The number of carbonyl (C=O) groups is 2. The van der Waals surface area contributed by atoms with Gasteiger partial charge in [-0.2, -0.15) is 0 Å². The maximum absolute atomic E-state index is 13.4. The molecule has 0 radical (unpaired) electrons. The molecule has 2 rings (SSSR count). The van der Waals surface area contributed by atoms with Gasteiger partial charge in [0, 0.05) is 12.1 Å². The van der Waals surface area contributed by atoms with Crippen LogP contribution in [0.3, 0.4) is 0 Å². The number of para-hydroxylation sites is 1. The van der Waals surface area contributed by atoms with E-state index in [4.69, 9.17) is 9.84 Å². The van der Waals surface area contributed by atoms with Crippen molar-refractivity contribution in [2.45, 2.75) is 38.3 Å². The Kier molecular flexibility index (Phi) is 6.54. The molecule has 0 aliphatic heterocycles. The maximum Gasteiger partial charge on any atom is 0.317 e. The van der Waals surface area contributed by atoms with E-state index in [-0.39, 0.29) is 43.3 Å². The molecule has 0 atom stereocenters. The molecule has 1 amide bonds. The van der Waals surface area contributed by atoms with Crippen molar-refractivity contribution in [2.75, 3.05) is 19.7 Å². The maximum atomic E-state index is 13.4. The largest absolute Gasteiger partial charge is 0.490 e. The van der Waals surface area contributed by atoms with Crippen LogP contribution in [-0.2, 0) is 9.59 Å². The van der Waals surface area contributed by atoms with Crippen molar-refractivity contribution in [1.29, 1.82) is 0 Å². The van der Waals surface area contributed by atoms with Crippen LogP contribution in [0, 0.1) is 5.82 Å². The number of carboxylic acid groups (broad SMARTS) is 1. The molecule has 24 heavy (non-hydrogen) atoms. The first-order valence-electron chi connectivity index (χ1n) is 8.12. The van der Waals surface area contributed by atoms with E-state index in [9.17, 15) is 14.0 Å². The van der Waals surface area contributed by atoms with E-state index in [1.54, 1.807) is 12.1 Å². The lowest BCUT2D eigenvalue weighted by Gasteiger charge is -2.42. The van der Waals surface area contributed by atoms with Gasteiger partial charge in [-0.05, 0) is 31.5 Å². The van der Waals surface area contributed by atoms with Crippen LogP contribution in [0.15, 0.2) is 24.3 Å². The minimum absolute atomic E-state index is 0.0261. The lowest BCUT2D eigenvalue weighted by atomic mass is 9.85. The summed E-state index contributed by atoms with van der Waals surface area (Å²) < 4.78 is 18.6. The molecule has 1 aliphatic rings. The summed E-state index contributed by atoms with van der Waals surface area (Å²) in [6, 6.07) is 6.34. The van der Waals surface area contributed by atoms with E-state index in [0.29, 0.717) is 6.54 Å². The zero-order valence-corrected chi connectivity index (χ0v) is 13.7. The van der Waals surface area contributed by atoms with Crippen molar-refractivity contribution in [2.24, 2.45) is 0 Å². The second-order valence-corrected chi connectivity index (χ2v) is 5.88. The van der Waals surface area contributed by atoms with Crippen molar-refractivity contribution < 1.29 is 23.8 Å². The summed E-state index contributed by atoms with van der Waals surface area (Å²) in [6.07, 6.45) is 1.66. The number of benzene rings is 1. The number of aliphatic carboxylic acids is 1. The summed E-state index contributed by atoms with van der Waals surface area (Å²) in [7, 11) is 0. The third-order valence-corrected chi connectivity index (χ3v) is 4.16. The van der Waals surface area contributed by atoms with Gasteiger partial charge in [0.05, 0.1) is 19.6 Å². The van der Waals surface area contributed by atoms with E-state index < -0.39 is 11.8 Å². The van der Waals surface area contributed by atoms with Crippen LogP contribution in [0.1, 0.15) is 26.2 Å². The standard InChI is InChI=1S/C17H23FN2O4/c1-2-20(11-17(22)23)13-9-12(10-13)19-16(21)7-8-24-15-6-4-3-5-14(15)18/h3-6,12-13H,2,7-11H2,1H3,(H,19,21)(H,22,23). The number of ether oxygens (including phenoxy) is 1. The highest BCUT2D eigenvalue weighted by Gasteiger charge is 2.34. The normalized spacial score (nSPS) is 19.6. The zero-order valence-electron chi connectivity index (χ0n) is 13.7. The molecule has 0 saturated heterocycles. The van der Waals surface area contributed by atoms with Gasteiger partial charge in [0.1, 0.15) is 0 Å². The van der Waals surface area contributed by atoms with E-state index >= 15 is 0 Å². The summed E-state index contributed by atoms with van der Waals surface area (Å²) in [4.78, 5) is 24.5. The van der Waals surface area contributed by atoms with Gasteiger partial charge in [0.25, 0.3) is 0 Å².